The maximum atomic E-state index is 5.46. The van der Waals surface area contributed by atoms with Gasteiger partial charge in [0.25, 0.3) is 0 Å². The van der Waals surface area contributed by atoms with E-state index in [0.29, 0.717) is 0 Å². The zero-order valence-electron chi connectivity index (χ0n) is 7.83. The highest BCUT2D eigenvalue weighted by atomic mass is 16.5. The molecule has 1 saturated carbocycles. The summed E-state index contributed by atoms with van der Waals surface area (Å²) in [4.78, 5) is 0. The normalized spacial score (nSPS) is 17.3. The van der Waals surface area contributed by atoms with Crippen LogP contribution < -0.4 is 5.73 Å². The smallest absolute Gasteiger partial charge is 0.127 e. The molecule has 1 aliphatic rings. The maximum absolute atomic E-state index is 5.46. The average Bonchev–Trinajstić information content (AvgIpc) is 2.46. The topological polar surface area (TPSA) is 52.0 Å². The molecule has 1 fully saturated rings. The summed E-state index contributed by atoms with van der Waals surface area (Å²) in [6.45, 7) is 0.733. The fourth-order valence-electron chi connectivity index (χ4n) is 1.78. The quantitative estimate of drug-likeness (QED) is 0.769. The van der Waals surface area contributed by atoms with Gasteiger partial charge in [0.05, 0.1) is 5.69 Å². The second kappa shape index (κ2) is 3.92. The van der Waals surface area contributed by atoms with Crippen LogP contribution in [0.3, 0.4) is 0 Å². The molecule has 13 heavy (non-hydrogen) atoms. The molecule has 2 N–H and O–H groups in total. The molecular weight excluding hydrogens is 164 g/mol. The molecule has 1 aliphatic carbocycles. The molecule has 1 aromatic heterocycles. The van der Waals surface area contributed by atoms with Crippen LogP contribution in [0.5, 0.6) is 0 Å². The molecule has 0 bridgehead atoms. The van der Waals surface area contributed by atoms with Crippen molar-refractivity contribution in [2.45, 2.75) is 38.0 Å². The van der Waals surface area contributed by atoms with Gasteiger partial charge in [0.15, 0.2) is 0 Å². The minimum Gasteiger partial charge on any atom is -0.364 e. The Morgan fingerprint density at radius 3 is 3.00 bits per heavy atom. The Labute approximate surface area is 78.3 Å². The Morgan fingerprint density at radius 1 is 1.54 bits per heavy atom. The first-order valence-corrected chi connectivity index (χ1v) is 5.05. The van der Waals surface area contributed by atoms with Gasteiger partial charge in [-0.25, -0.2) is 0 Å². The Balaban J connectivity index is 2.02. The molecule has 1 aromatic rings. The lowest BCUT2D eigenvalue weighted by Gasteiger charge is -2.24. The summed E-state index contributed by atoms with van der Waals surface area (Å²) in [5.74, 6) is 0.721. The molecule has 0 aromatic carbocycles. The van der Waals surface area contributed by atoms with Crippen LogP contribution in [-0.2, 0) is 6.42 Å². The van der Waals surface area contributed by atoms with Gasteiger partial charge in [-0.05, 0) is 38.1 Å². The van der Waals surface area contributed by atoms with Crippen LogP contribution in [0, 0.1) is 0 Å². The van der Waals surface area contributed by atoms with E-state index < -0.39 is 0 Å². The van der Waals surface area contributed by atoms with Gasteiger partial charge in [-0.2, -0.15) is 0 Å². The van der Waals surface area contributed by atoms with E-state index in [4.69, 9.17) is 10.3 Å². The molecule has 0 unspecified atom stereocenters. The third-order valence-electron chi connectivity index (χ3n) is 2.84. The lowest BCUT2D eigenvalue weighted by molar-refractivity contribution is 0.400. The minimum atomic E-state index is 0.721. The van der Waals surface area contributed by atoms with Gasteiger partial charge in [-0.1, -0.05) is 11.6 Å². The minimum absolute atomic E-state index is 0.721. The van der Waals surface area contributed by atoms with Crippen molar-refractivity contribution >= 4 is 0 Å². The largest absolute Gasteiger partial charge is 0.364 e. The number of hydrogen-bond donors (Lipinski definition) is 1. The van der Waals surface area contributed by atoms with Gasteiger partial charge in [0, 0.05) is 5.56 Å². The Kier molecular flexibility index (Phi) is 2.64. The summed E-state index contributed by atoms with van der Waals surface area (Å²) in [6.07, 6.45) is 7.75. The third kappa shape index (κ3) is 1.75. The predicted molar refractivity (Wildman–Crippen MR) is 50.5 cm³/mol. The van der Waals surface area contributed by atoms with Crippen LogP contribution in [0.25, 0.3) is 0 Å². The molecule has 3 nitrogen and oxygen atoms in total. The van der Waals surface area contributed by atoms with Crippen LogP contribution in [0.15, 0.2) is 10.8 Å². The number of nitrogens with two attached hydrogens (primary N) is 1. The van der Waals surface area contributed by atoms with Gasteiger partial charge in [0.1, 0.15) is 6.26 Å². The van der Waals surface area contributed by atoms with Crippen LogP contribution in [0.1, 0.15) is 42.9 Å². The molecule has 1 heterocycles. The zero-order valence-corrected chi connectivity index (χ0v) is 7.83. The van der Waals surface area contributed by atoms with Crippen LogP contribution in [-0.4, -0.2) is 11.7 Å². The summed E-state index contributed by atoms with van der Waals surface area (Å²) in [6, 6.07) is 0. The molecule has 0 aliphatic heterocycles. The zero-order chi connectivity index (χ0) is 9.10. The number of nitrogens with zero attached hydrogens (tertiary/aromatic N) is 1. The summed E-state index contributed by atoms with van der Waals surface area (Å²) < 4.78 is 5.01. The highest BCUT2D eigenvalue weighted by Gasteiger charge is 2.24. The van der Waals surface area contributed by atoms with Crippen molar-refractivity contribution < 1.29 is 4.52 Å². The molecular formula is C10H16N2O. The molecule has 0 spiro atoms. The average molecular weight is 180 g/mol. The van der Waals surface area contributed by atoms with E-state index in [1.165, 1.54) is 24.8 Å². The van der Waals surface area contributed by atoms with Crippen molar-refractivity contribution in [1.82, 2.24) is 5.16 Å². The fraction of sp³-hybridized carbons (Fsp3) is 0.700. The molecule has 72 valence electrons. The van der Waals surface area contributed by atoms with Gasteiger partial charge >= 0.3 is 0 Å². The van der Waals surface area contributed by atoms with Gasteiger partial charge in [-0.3, -0.25) is 0 Å². The number of aryl methyl sites for hydroxylation is 1. The molecule has 0 radical (unpaired) electrons. The van der Waals surface area contributed by atoms with Crippen molar-refractivity contribution in [1.29, 1.82) is 0 Å². The number of hydrogen-bond acceptors (Lipinski definition) is 3. The van der Waals surface area contributed by atoms with Crippen molar-refractivity contribution in [2.24, 2.45) is 5.73 Å². The number of rotatable bonds is 4. The molecule has 0 saturated heterocycles. The van der Waals surface area contributed by atoms with Crippen molar-refractivity contribution in [3.63, 3.8) is 0 Å². The monoisotopic (exact) mass is 180 g/mol. The first-order chi connectivity index (χ1) is 6.42. The van der Waals surface area contributed by atoms with Gasteiger partial charge in [-0.15, -0.1) is 0 Å². The predicted octanol–water partition coefficient (Wildman–Crippen LogP) is 1.83. The van der Waals surface area contributed by atoms with Crippen molar-refractivity contribution in [2.75, 3.05) is 6.54 Å². The van der Waals surface area contributed by atoms with Crippen molar-refractivity contribution in [3.05, 3.63) is 17.5 Å². The summed E-state index contributed by atoms with van der Waals surface area (Å²) in [5, 5.41) is 4.03. The third-order valence-corrected chi connectivity index (χ3v) is 2.84. The second-order valence-electron chi connectivity index (χ2n) is 3.74. The first kappa shape index (κ1) is 8.75. The lowest BCUT2D eigenvalue weighted by atomic mass is 9.80. The Morgan fingerprint density at radius 2 is 2.38 bits per heavy atom. The van der Waals surface area contributed by atoms with E-state index in [0.717, 1.165) is 31.0 Å². The number of aromatic nitrogens is 1. The highest BCUT2D eigenvalue weighted by molar-refractivity contribution is 5.22. The van der Waals surface area contributed by atoms with Crippen LogP contribution >= 0.6 is 0 Å². The summed E-state index contributed by atoms with van der Waals surface area (Å²) in [7, 11) is 0. The van der Waals surface area contributed by atoms with E-state index in [1.807, 2.05) is 6.26 Å². The van der Waals surface area contributed by atoms with E-state index >= 15 is 0 Å². The Bertz CT molecular complexity index is 266. The van der Waals surface area contributed by atoms with Crippen LogP contribution in [0.4, 0.5) is 0 Å². The van der Waals surface area contributed by atoms with Crippen LogP contribution in [0.2, 0.25) is 0 Å². The summed E-state index contributed by atoms with van der Waals surface area (Å²) >= 11 is 0. The molecule has 0 atom stereocenters. The SMILES string of the molecule is NCCCc1nocc1C1CCC1. The standard InChI is InChI=1S/C10H16N2O/c11-6-2-5-10-9(7-13-12-10)8-3-1-4-8/h7-8H,1-6,11H2. The van der Waals surface area contributed by atoms with E-state index in [1.54, 1.807) is 0 Å². The van der Waals surface area contributed by atoms with E-state index in [2.05, 4.69) is 5.16 Å². The lowest BCUT2D eigenvalue weighted by Crippen LogP contribution is -2.11. The summed E-state index contributed by atoms with van der Waals surface area (Å²) in [5.41, 5.74) is 7.93. The highest BCUT2D eigenvalue weighted by Crippen LogP contribution is 2.37. The van der Waals surface area contributed by atoms with Crippen molar-refractivity contribution in [3.8, 4) is 0 Å². The van der Waals surface area contributed by atoms with Gasteiger partial charge in [0.2, 0.25) is 0 Å². The van der Waals surface area contributed by atoms with E-state index in [-0.39, 0.29) is 0 Å². The maximum Gasteiger partial charge on any atom is 0.127 e. The second-order valence-corrected chi connectivity index (χ2v) is 3.74. The fourth-order valence-corrected chi connectivity index (χ4v) is 1.78. The molecule has 0 amide bonds. The first-order valence-electron chi connectivity index (χ1n) is 5.05. The van der Waals surface area contributed by atoms with Gasteiger partial charge < -0.3 is 10.3 Å². The Hall–Kier alpha value is -0.830. The molecule has 2 rings (SSSR count). The molecule has 3 heteroatoms. The van der Waals surface area contributed by atoms with E-state index in [9.17, 15) is 0 Å².